The maximum absolute atomic E-state index is 10.2. The third-order valence-corrected chi connectivity index (χ3v) is 2.33. The van der Waals surface area contributed by atoms with Crippen LogP contribution in [0.3, 0.4) is 0 Å². The van der Waals surface area contributed by atoms with Crippen molar-refractivity contribution in [1.82, 2.24) is 0 Å². The molecule has 0 spiro atoms. The van der Waals surface area contributed by atoms with Crippen molar-refractivity contribution in [3.05, 3.63) is 71.8 Å². The molecule has 93 valence electrons. The van der Waals surface area contributed by atoms with Gasteiger partial charge in [-0.3, -0.25) is 0 Å². The number of carbonyl (C=O) groups is 1. The average Bonchev–Trinajstić information content (AvgIpc) is 2.41. The third kappa shape index (κ3) is 6.50. The topological polar surface area (TPSA) is 37.3 Å². The van der Waals surface area contributed by atoms with Gasteiger partial charge in [0.1, 0.15) is 0 Å². The van der Waals surface area contributed by atoms with Crippen molar-refractivity contribution in [3.63, 3.8) is 0 Å². The van der Waals surface area contributed by atoms with Crippen molar-refractivity contribution in [2.24, 2.45) is 0 Å². The fourth-order valence-electron chi connectivity index (χ4n) is 1.15. The first kappa shape index (κ1) is 16.8. The van der Waals surface area contributed by atoms with Crippen LogP contribution in [0.4, 0.5) is 0 Å². The average molecular weight is 300 g/mol. The van der Waals surface area contributed by atoms with Crippen LogP contribution < -0.4 is 0 Å². The van der Waals surface area contributed by atoms with Gasteiger partial charge in [0.25, 0.3) is 0 Å². The van der Waals surface area contributed by atoms with E-state index in [4.69, 9.17) is 16.7 Å². The zero-order valence-electron chi connectivity index (χ0n) is 9.66. The smallest absolute Gasteiger partial charge is 0.335 e. The molecule has 4 heteroatoms. The number of aromatic carboxylic acids is 1. The molecule has 0 aliphatic carbocycles. The van der Waals surface area contributed by atoms with E-state index in [-0.39, 0.29) is 18.6 Å². The molecule has 0 heterocycles. The maximum atomic E-state index is 10.2. The Morgan fingerprint density at radius 3 is 1.67 bits per heavy atom. The molecule has 2 nitrogen and oxygen atoms in total. The van der Waals surface area contributed by atoms with E-state index in [0.29, 0.717) is 11.4 Å². The SMILES string of the molecule is ClCc1ccccc1.O=C(O)c1ccccc1.[V]. The molecule has 0 atom stereocenters. The molecule has 0 unspecified atom stereocenters. The van der Waals surface area contributed by atoms with E-state index in [1.54, 1.807) is 30.3 Å². The van der Waals surface area contributed by atoms with E-state index in [2.05, 4.69) is 0 Å². The monoisotopic (exact) mass is 299 g/mol. The molecule has 0 bridgehead atoms. The summed E-state index contributed by atoms with van der Waals surface area (Å²) in [6, 6.07) is 18.3. The Kier molecular flexibility index (Phi) is 9.12. The number of benzene rings is 2. The summed E-state index contributed by atoms with van der Waals surface area (Å²) in [5, 5.41) is 8.38. The van der Waals surface area contributed by atoms with Crippen LogP contribution >= 0.6 is 11.6 Å². The number of alkyl halides is 1. The second-order valence-corrected chi connectivity index (χ2v) is 3.56. The predicted molar refractivity (Wildman–Crippen MR) is 69.4 cm³/mol. The van der Waals surface area contributed by atoms with Crippen molar-refractivity contribution in [3.8, 4) is 0 Å². The van der Waals surface area contributed by atoms with Crippen LogP contribution in [0.1, 0.15) is 15.9 Å². The van der Waals surface area contributed by atoms with Gasteiger partial charge in [0, 0.05) is 24.4 Å². The minimum absolute atomic E-state index is 0. The van der Waals surface area contributed by atoms with E-state index in [9.17, 15) is 4.79 Å². The largest absolute Gasteiger partial charge is 0.478 e. The van der Waals surface area contributed by atoms with E-state index in [0.717, 1.165) is 0 Å². The molecule has 0 aromatic heterocycles. The Hall–Kier alpha value is -1.22. The van der Waals surface area contributed by atoms with Crippen molar-refractivity contribution in [1.29, 1.82) is 0 Å². The Balaban J connectivity index is 0.000000306. The first-order chi connectivity index (χ1) is 8.24. The zero-order chi connectivity index (χ0) is 12.5. The Labute approximate surface area is 123 Å². The van der Waals surface area contributed by atoms with Gasteiger partial charge in [-0.2, -0.15) is 0 Å². The van der Waals surface area contributed by atoms with Crippen LogP contribution in [-0.4, -0.2) is 11.1 Å². The van der Waals surface area contributed by atoms with Gasteiger partial charge >= 0.3 is 5.97 Å². The summed E-state index contributed by atoms with van der Waals surface area (Å²) < 4.78 is 0. The second kappa shape index (κ2) is 9.78. The molecule has 1 N–H and O–H groups in total. The van der Waals surface area contributed by atoms with Gasteiger partial charge in [-0.25, -0.2) is 4.79 Å². The molecule has 2 aromatic carbocycles. The maximum Gasteiger partial charge on any atom is 0.335 e. The molecule has 0 saturated heterocycles. The number of halogens is 1. The first-order valence-corrected chi connectivity index (χ1v) is 5.65. The number of hydrogen-bond acceptors (Lipinski definition) is 1. The Bertz CT molecular complexity index is 446. The van der Waals surface area contributed by atoms with E-state index >= 15 is 0 Å². The molecule has 18 heavy (non-hydrogen) atoms. The van der Waals surface area contributed by atoms with Gasteiger partial charge in [0.15, 0.2) is 0 Å². The standard InChI is InChI=1S/C7H7Cl.C7H6O2.V/c8-6-7-4-2-1-3-5-7;8-7(9)6-4-2-1-3-5-6;/h1-5H,6H2;1-5H,(H,8,9);. The Morgan fingerprint density at radius 2 is 1.39 bits per heavy atom. The van der Waals surface area contributed by atoms with Crippen LogP contribution in [0.2, 0.25) is 0 Å². The van der Waals surface area contributed by atoms with E-state index in [1.165, 1.54) is 5.56 Å². The van der Waals surface area contributed by atoms with Crippen LogP contribution in [0.15, 0.2) is 60.7 Å². The van der Waals surface area contributed by atoms with Crippen LogP contribution in [-0.2, 0) is 24.4 Å². The van der Waals surface area contributed by atoms with Crippen molar-refractivity contribution < 1.29 is 28.5 Å². The van der Waals surface area contributed by atoms with E-state index < -0.39 is 5.97 Å². The Morgan fingerprint density at radius 1 is 0.944 bits per heavy atom. The van der Waals surface area contributed by atoms with Crippen LogP contribution in [0.5, 0.6) is 0 Å². The van der Waals surface area contributed by atoms with Crippen LogP contribution in [0.25, 0.3) is 0 Å². The number of carboxylic acid groups (broad SMARTS) is 1. The molecule has 2 rings (SSSR count). The minimum Gasteiger partial charge on any atom is -0.478 e. The van der Waals surface area contributed by atoms with Gasteiger partial charge in [0.2, 0.25) is 0 Å². The number of carboxylic acids is 1. The molecule has 1 radical (unpaired) electrons. The fourth-order valence-corrected chi connectivity index (χ4v) is 1.33. The summed E-state index contributed by atoms with van der Waals surface area (Å²) in [6.07, 6.45) is 0. The molecule has 0 aliphatic heterocycles. The van der Waals surface area contributed by atoms with Gasteiger partial charge in [-0.15, -0.1) is 11.6 Å². The van der Waals surface area contributed by atoms with E-state index in [1.807, 2.05) is 30.3 Å². The summed E-state index contributed by atoms with van der Waals surface area (Å²) in [7, 11) is 0. The van der Waals surface area contributed by atoms with Gasteiger partial charge in [0.05, 0.1) is 5.56 Å². The minimum atomic E-state index is -0.879. The normalized spacial score (nSPS) is 8.50. The zero-order valence-corrected chi connectivity index (χ0v) is 11.8. The third-order valence-electron chi connectivity index (χ3n) is 2.02. The summed E-state index contributed by atoms with van der Waals surface area (Å²) >= 11 is 5.53. The van der Waals surface area contributed by atoms with Gasteiger partial charge in [-0.1, -0.05) is 48.5 Å². The summed E-state index contributed by atoms with van der Waals surface area (Å²) in [5.41, 5.74) is 1.51. The molecule has 0 amide bonds. The molecule has 0 fully saturated rings. The fraction of sp³-hybridized carbons (Fsp3) is 0.0714. The van der Waals surface area contributed by atoms with Gasteiger partial charge in [-0.05, 0) is 17.7 Å². The van der Waals surface area contributed by atoms with Crippen molar-refractivity contribution in [2.45, 2.75) is 5.88 Å². The predicted octanol–water partition coefficient (Wildman–Crippen LogP) is 3.81. The van der Waals surface area contributed by atoms with Crippen molar-refractivity contribution >= 4 is 17.6 Å². The van der Waals surface area contributed by atoms with Gasteiger partial charge < -0.3 is 5.11 Å². The molecule has 0 saturated carbocycles. The summed E-state index contributed by atoms with van der Waals surface area (Å²) in [4.78, 5) is 10.2. The number of rotatable bonds is 2. The van der Waals surface area contributed by atoms with Crippen LogP contribution in [0, 0.1) is 0 Å². The summed E-state index contributed by atoms with van der Waals surface area (Å²) in [5.74, 6) is -0.267. The van der Waals surface area contributed by atoms with Crippen molar-refractivity contribution in [2.75, 3.05) is 0 Å². The molecule has 2 aromatic rings. The quantitative estimate of drug-likeness (QED) is 0.856. The molecular weight excluding hydrogens is 287 g/mol. The number of hydrogen-bond donors (Lipinski definition) is 1. The molecular formula is C14H13ClO2V. The second-order valence-electron chi connectivity index (χ2n) is 3.29. The first-order valence-electron chi connectivity index (χ1n) is 5.12. The molecule has 0 aliphatic rings. The summed E-state index contributed by atoms with van der Waals surface area (Å²) in [6.45, 7) is 0.